The van der Waals surface area contributed by atoms with E-state index in [-0.39, 0.29) is 4.90 Å². The minimum atomic E-state index is -3.69. The van der Waals surface area contributed by atoms with Crippen LogP contribution in [0, 0.1) is 0 Å². The first-order valence-electron chi connectivity index (χ1n) is 9.09. The molecule has 0 bridgehead atoms. The molecule has 0 N–H and O–H groups in total. The third kappa shape index (κ3) is 3.46. The molecule has 5 heteroatoms. The van der Waals surface area contributed by atoms with Gasteiger partial charge >= 0.3 is 0 Å². The summed E-state index contributed by atoms with van der Waals surface area (Å²) in [5.41, 5.74) is 1.92. The third-order valence-electron chi connectivity index (χ3n) is 4.92. The van der Waals surface area contributed by atoms with Crippen LogP contribution in [0.25, 0.3) is 6.08 Å². The minimum Gasteiger partial charge on any atom is -0.484 e. The van der Waals surface area contributed by atoms with E-state index in [0.717, 1.165) is 11.1 Å². The Morgan fingerprint density at radius 2 is 1.43 bits per heavy atom. The van der Waals surface area contributed by atoms with Crippen molar-refractivity contribution in [3.63, 3.8) is 0 Å². The molecule has 0 radical (unpaired) electrons. The van der Waals surface area contributed by atoms with Crippen LogP contribution < -0.4 is 4.74 Å². The van der Waals surface area contributed by atoms with E-state index in [1.165, 1.54) is 4.31 Å². The molecule has 1 aliphatic carbocycles. The molecule has 3 aromatic rings. The summed E-state index contributed by atoms with van der Waals surface area (Å²) in [6.07, 6.45) is 3.47. The topological polar surface area (TPSA) is 46.6 Å². The van der Waals surface area contributed by atoms with Gasteiger partial charge < -0.3 is 4.74 Å². The Hall–Kier alpha value is -2.89. The zero-order chi connectivity index (χ0) is 19.6. The van der Waals surface area contributed by atoms with E-state index in [1.54, 1.807) is 37.4 Å². The standard InChI is InChI=1S/C23H21NO3S/c1-24(28(25,26)20-13-6-3-7-14-20)23-21-15-9-8-10-18(21)16-17-22(23)27-19-11-4-2-5-12-19/h2-17,22-23H,1H3/t22-,23+/m0/s1. The number of ether oxygens (including phenoxy) is 1. The molecule has 4 rings (SSSR count). The lowest BCUT2D eigenvalue weighted by Crippen LogP contribution is -2.41. The number of para-hydroxylation sites is 1. The summed E-state index contributed by atoms with van der Waals surface area (Å²) in [5.74, 6) is 0.701. The lowest BCUT2D eigenvalue weighted by molar-refractivity contribution is 0.159. The summed E-state index contributed by atoms with van der Waals surface area (Å²) in [6, 6.07) is 25.3. The van der Waals surface area contributed by atoms with E-state index in [4.69, 9.17) is 4.74 Å². The minimum absolute atomic E-state index is 0.267. The molecular formula is C23H21NO3S. The van der Waals surface area contributed by atoms with Crippen LogP contribution in [0.2, 0.25) is 0 Å². The zero-order valence-electron chi connectivity index (χ0n) is 15.5. The average molecular weight is 391 g/mol. The maximum absolute atomic E-state index is 13.3. The Balaban J connectivity index is 1.76. The number of hydrogen-bond donors (Lipinski definition) is 0. The van der Waals surface area contributed by atoms with E-state index in [2.05, 4.69) is 0 Å². The van der Waals surface area contributed by atoms with Crippen molar-refractivity contribution < 1.29 is 13.2 Å². The smallest absolute Gasteiger partial charge is 0.243 e. The van der Waals surface area contributed by atoms with Crippen LogP contribution in [0.3, 0.4) is 0 Å². The quantitative estimate of drug-likeness (QED) is 0.642. The van der Waals surface area contributed by atoms with Crippen LogP contribution in [-0.4, -0.2) is 25.9 Å². The van der Waals surface area contributed by atoms with Gasteiger partial charge in [-0.2, -0.15) is 4.31 Å². The average Bonchev–Trinajstić information content (AvgIpc) is 2.74. The lowest BCUT2D eigenvalue weighted by atomic mass is 9.91. The van der Waals surface area contributed by atoms with Crippen molar-refractivity contribution >= 4 is 16.1 Å². The predicted octanol–water partition coefficient (Wildman–Crippen LogP) is 4.52. The molecule has 0 spiro atoms. The van der Waals surface area contributed by atoms with Gasteiger partial charge in [0.05, 0.1) is 10.9 Å². The summed E-state index contributed by atoms with van der Waals surface area (Å²) >= 11 is 0. The number of sulfonamides is 1. The fraction of sp³-hybridized carbons (Fsp3) is 0.130. The normalized spacial score (nSPS) is 18.6. The maximum atomic E-state index is 13.3. The second kappa shape index (κ2) is 7.62. The van der Waals surface area contributed by atoms with Gasteiger partial charge in [0.15, 0.2) is 0 Å². The molecule has 1 aliphatic rings. The highest BCUT2D eigenvalue weighted by atomic mass is 32.2. The van der Waals surface area contributed by atoms with Gasteiger partial charge in [0.25, 0.3) is 0 Å². The van der Waals surface area contributed by atoms with Crippen molar-refractivity contribution in [2.24, 2.45) is 0 Å². The molecule has 0 heterocycles. The van der Waals surface area contributed by atoms with Crippen molar-refractivity contribution in [3.8, 4) is 5.75 Å². The van der Waals surface area contributed by atoms with Gasteiger partial charge in [-0.15, -0.1) is 0 Å². The molecule has 0 amide bonds. The van der Waals surface area contributed by atoms with E-state index in [0.29, 0.717) is 5.75 Å². The summed E-state index contributed by atoms with van der Waals surface area (Å²) in [6.45, 7) is 0. The Morgan fingerprint density at radius 1 is 0.821 bits per heavy atom. The molecule has 28 heavy (non-hydrogen) atoms. The molecule has 0 saturated heterocycles. The predicted molar refractivity (Wildman–Crippen MR) is 110 cm³/mol. The molecule has 2 atom stereocenters. The van der Waals surface area contributed by atoms with Gasteiger partial charge in [-0.3, -0.25) is 0 Å². The fourth-order valence-electron chi connectivity index (χ4n) is 3.48. The molecule has 0 aliphatic heterocycles. The van der Waals surface area contributed by atoms with Crippen LogP contribution in [0.1, 0.15) is 17.2 Å². The molecule has 3 aromatic carbocycles. The summed E-state index contributed by atoms with van der Waals surface area (Å²) in [4.78, 5) is 0.267. The second-order valence-corrected chi connectivity index (χ2v) is 8.66. The first-order chi connectivity index (χ1) is 13.6. The Kier molecular flexibility index (Phi) is 5.03. The second-order valence-electron chi connectivity index (χ2n) is 6.66. The Bertz CT molecular complexity index is 1080. The molecule has 142 valence electrons. The highest BCUT2D eigenvalue weighted by Gasteiger charge is 2.37. The highest BCUT2D eigenvalue weighted by molar-refractivity contribution is 7.89. The monoisotopic (exact) mass is 391 g/mol. The van der Waals surface area contributed by atoms with Crippen LogP contribution in [0.4, 0.5) is 0 Å². The van der Waals surface area contributed by atoms with Gasteiger partial charge in [0.1, 0.15) is 11.9 Å². The first kappa shape index (κ1) is 18.5. The molecule has 0 fully saturated rings. The van der Waals surface area contributed by atoms with Gasteiger partial charge in [-0.25, -0.2) is 8.42 Å². The summed E-state index contributed by atoms with van der Waals surface area (Å²) < 4.78 is 34.2. The van der Waals surface area contributed by atoms with E-state index in [1.807, 2.05) is 66.7 Å². The highest BCUT2D eigenvalue weighted by Crippen LogP contribution is 2.37. The van der Waals surface area contributed by atoms with Gasteiger partial charge in [-0.05, 0) is 41.5 Å². The van der Waals surface area contributed by atoms with Crippen molar-refractivity contribution in [1.29, 1.82) is 0 Å². The van der Waals surface area contributed by atoms with Crippen molar-refractivity contribution in [3.05, 3.63) is 102 Å². The van der Waals surface area contributed by atoms with Crippen molar-refractivity contribution in [2.45, 2.75) is 17.0 Å². The van der Waals surface area contributed by atoms with Crippen LogP contribution in [0.15, 0.2) is 95.9 Å². The first-order valence-corrected chi connectivity index (χ1v) is 10.5. The lowest BCUT2D eigenvalue weighted by Gasteiger charge is -2.36. The molecule has 0 aromatic heterocycles. The third-order valence-corrected chi connectivity index (χ3v) is 6.77. The van der Waals surface area contributed by atoms with E-state index >= 15 is 0 Å². The zero-order valence-corrected chi connectivity index (χ0v) is 16.3. The summed E-state index contributed by atoms with van der Waals surface area (Å²) in [5, 5.41) is 0. The molecule has 0 unspecified atom stereocenters. The van der Waals surface area contributed by atoms with Crippen LogP contribution in [0.5, 0.6) is 5.75 Å². The summed E-state index contributed by atoms with van der Waals surface area (Å²) in [7, 11) is -2.07. The molecule has 0 saturated carbocycles. The number of rotatable bonds is 5. The van der Waals surface area contributed by atoms with Crippen LogP contribution in [-0.2, 0) is 10.0 Å². The fourth-order valence-corrected chi connectivity index (χ4v) is 4.85. The molecular weight excluding hydrogens is 370 g/mol. The maximum Gasteiger partial charge on any atom is 0.243 e. The van der Waals surface area contributed by atoms with Crippen molar-refractivity contribution in [2.75, 3.05) is 7.05 Å². The Labute approximate surface area is 165 Å². The van der Waals surface area contributed by atoms with Gasteiger partial charge in [-0.1, -0.05) is 66.7 Å². The molecule has 4 nitrogen and oxygen atoms in total. The number of likely N-dealkylation sites (N-methyl/N-ethyl adjacent to an activating group) is 1. The van der Waals surface area contributed by atoms with Gasteiger partial charge in [0, 0.05) is 7.05 Å². The van der Waals surface area contributed by atoms with Gasteiger partial charge in [0.2, 0.25) is 10.0 Å². The number of nitrogens with zero attached hydrogens (tertiary/aromatic N) is 1. The number of hydrogen-bond acceptors (Lipinski definition) is 3. The largest absolute Gasteiger partial charge is 0.484 e. The Morgan fingerprint density at radius 3 is 2.14 bits per heavy atom. The van der Waals surface area contributed by atoms with E-state index < -0.39 is 22.2 Å². The van der Waals surface area contributed by atoms with Crippen molar-refractivity contribution in [1.82, 2.24) is 4.31 Å². The van der Waals surface area contributed by atoms with E-state index in [9.17, 15) is 8.42 Å². The number of fused-ring (bicyclic) bond motifs is 1. The number of benzene rings is 3. The SMILES string of the molecule is CN([C@@H]1c2ccccc2C=C[C@@H]1Oc1ccccc1)S(=O)(=O)c1ccccc1. The van der Waals surface area contributed by atoms with Crippen LogP contribution >= 0.6 is 0 Å².